The van der Waals surface area contributed by atoms with Gasteiger partial charge in [0.15, 0.2) is 0 Å². The summed E-state index contributed by atoms with van der Waals surface area (Å²) in [6.45, 7) is 5.47. The first-order valence-corrected chi connectivity index (χ1v) is 6.75. The predicted octanol–water partition coefficient (Wildman–Crippen LogP) is 2.47. The van der Waals surface area contributed by atoms with Gasteiger partial charge in [-0.25, -0.2) is 9.97 Å². The first-order chi connectivity index (χ1) is 8.70. The summed E-state index contributed by atoms with van der Waals surface area (Å²) in [4.78, 5) is 8.73. The molecule has 0 radical (unpaired) electrons. The van der Waals surface area contributed by atoms with Crippen molar-refractivity contribution < 1.29 is 4.74 Å². The highest BCUT2D eigenvalue weighted by molar-refractivity contribution is 7.09. The molecule has 98 valence electrons. The molecule has 0 saturated heterocycles. The van der Waals surface area contributed by atoms with Crippen molar-refractivity contribution in [1.29, 1.82) is 0 Å². The number of thiazole rings is 1. The number of methoxy groups -OCH3 is 1. The van der Waals surface area contributed by atoms with Crippen LogP contribution in [0.2, 0.25) is 0 Å². The van der Waals surface area contributed by atoms with Crippen LogP contribution in [0.15, 0.2) is 17.8 Å². The second-order valence-corrected chi connectivity index (χ2v) is 5.18. The maximum absolute atomic E-state index is 5.19. The van der Waals surface area contributed by atoms with E-state index in [0.717, 1.165) is 16.6 Å². The molecular formula is C12H18N4OS. The topological polar surface area (TPSA) is 52.0 Å². The molecule has 0 aliphatic carbocycles. The largest absolute Gasteiger partial charge is 0.383 e. The highest BCUT2D eigenvalue weighted by Gasteiger charge is 2.11. The predicted molar refractivity (Wildman–Crippen MR) is 73.0 cm³/mol. The van der Waals surface area contributed by atoms with Gasteiger partial charge in [0.25, 0.3) is 0 Å². The minimum Gasteiger partial charge on any atom is -0.383 e. The second kappa shape index (κ2) is 5.97. The Kier molecular flexibility index (Phi) is 4.33. The van der Waals surface area contributed by atoms with Crippen molar-refractivity contribution in [2.45, 2.75) is 26.4 Å². The molecule has 18 heavy (non-hydrogen) atoms. The summed E-state index contributed by atoms with van der Waals surface area (Å²) in [5.74, 6) is 0.868. The van der Waals surface area contributed by atoms with E-state index in [0.29, 0.717) is 13.2 Å². The van der Waals surface area contributed by atoms with E-state index in [9.17, 15) is 0 Å². The van der Waals surface area contributed by atoms with E-state index in [4.69, 9.17) is 4.74 Å². The van der Waals surface area contributed by atoms with Gasteiger partial charge in [0.2, 0.25) is 5.95 Å². The van der Waals surface area contributed by atoms with E-state index >= 15 is 0 Å². The minimum atomic E-state index is 0.259. The van der Waals surface area contributed by atoms with Crippen LogP contribution in [0.1, 0.15) is 23.7 Å². The second-order valence-electron chi connectivity index (χ2n) is 4.20. The van der Waals surface area contributed by atoms with Gasteiger partial charge in [-0.05, 0) is 13.8 Å². The summed E-state index contributed by atoms with van der Waals surface area (Å²) in [5, 5.41) is 6.35. The molecule has 0 saturated carbocycles. The Bertz CT molecular complexity index is 480. The first kappa shape index (κ1) is 13.0. The lowest BCUT2D eigenvalue weighted by atomic mass is 10.3. The first-order valence-electron chi connectivity index (χ1n) is 5.87. The summed E-state index contributed by atoms with van der Waals surface area (Å²) < 4.78 is 7.29. The van der Waals surface area contributed by atoms with E-state index in [1.54, 1.807) is 18.4 Å². The zero-order chi connectivity index (χ0) is 13.0. The maximum Gasteiger partial charge on any atom is 0.203 e. The fourth-order valence-electron chi connectivity index (χ4n) is 1.80. The van der Waals surface area contributed by atoms with Crippen LogP contribution in [0.4, 0.5) is 5.95 Å². The molecule has 2 aromatic heterocycles. The number of hydrogen-bond acceptors (Lipinski definition) is 5. The number of anilines is 1. The molecule has 1 N–H and O–H groups in total. The van der Waals surface area contributed by atoms with Gasteiger partial charge < -0.3 is 14.6 Å². The molecule has 0 aliphatic heterocycles. The van der Waals surface area contributed by atoms with E-state index in [2.05, 4.69) is 26.8 Å². The van der Waals surface area contributed by atoms with Crippen molar-refractivity contribution in [2.24, 2.45) is 0 Å². The van der Waals surface area contributed by atoms with Crippen LogP contribution in [-0.2, 0) is 11.3 Å². The molecule has 0 aromatic carbocycles. The fourth-order valence-corrected chi connectivity index (χ4v) is 2.36. The number of imidazole rings is 1. The Morgan fingerprint density at radius 2 is 2.39 bits per heavy atom. The van der Waals surface area contributed by atoms with Gasteiger partial charge in [-0.2, -0.15) is 0 Å². The van der Waals surface area contributed by atoms with Crippen molar-refractivity contribution in [3.63, 3.8) is 0 Å². The van der Waals surface area contributed by atoms with Gasteiger partial charge in [-0.3, -0.25) is 0 Å². The molecule has 0 fully saturated rings. The van der Waals surface area contributed by atoms with Gasteiger partial charge >= 0.3 is 0 Å². The summed E-state index contributed by atoms with van der Waals surface area (Å²) in [5.41, 5.74) is 1.000. The highest BCUT2D eigenvalue weighted by atomic mass is 32.1. The van der Waals surface area contributed by atoms with Crippen molar-refractivity contribution in [2.75, 3.05) is 19.0 Å². The third-order valence-corrected chi connectivity index (χ3v) is 3.40. The molecule has 2 rings (SSSR count). The highest BCUT2D eigenvalue weighted by Crippen LogP contribution is 2.17. The molecule has 0 aliphatic rings. The Hall–Kier alpha value is -1.40. The maximum atomic E-state index is 5.19. The van der Waals surface area contributed by atoms with Gasteiger partial charge in [-0.1, -0.05) is 0 Å². The van der Waals surface area contributed by atoms with Crippen LogP contribution < -0.4 is 5.32 Å². The van der Waals surface area contributed by atoms with Gasteiger partial charge in [0.05, 0.1) is 24.9 Å². The zero-order valence-electron chi connectivity index (χ0n) is 10.9. The van der Waals surface area contributed by atoms with E-state index in [1.165, 1.54) is 0 Å². The normalized spacial score (nSPS) is 12.6. The SMILES string of the molecule is COCC(C)n1cc(C)nc1NCc1nccs1. The Morgan fingerprint density at radius 1 is 1.56 bits per heavy atom. The number of aromatic nitrogens is 3. The monoisotopic (exact) mass is 266 g/mol. The number of ether oxygens (including phenoxy) is 1. The van der Waals surface area contributed by atoms with E-state index in [1.807, 2.05) is 24.7 Å². The van der Waals surface area contributed by atoms with Crippen LogP contribution in [0.5, 0.6) is 0 Å². The van der Waals surface area contributed by atoms with Gasteiger partial charge in [-0.15, -0.1) is 11.3 Å². The van der Waals surface area contributed by atoms with Crippen LogP contribution in [-0.4, -0.2) is 28.3 Å². The molecule has 6 heteroatoms. The summed E-state index contributed by atoms with van der Waals surface area (Å²) >= 11 is 1.64. The number of rotatable bonds is 6. The molecule has 2 aromatic rings. The Balaban J connectivity index is 2.07. The minimum absolute atomic E-state index is 0.259. The van der Waals surface area contributed by atoms with E-state index < -0.39 is 0 Å². The molecule has 1 unspecified atom stereocenters. The third kappa shape index (κ3) is 3.08. The van der Waals surface area contributed by atoms with Crippen LogP contribution in [0, 0.1) is 6.92 Å². The lowest BCUT2D eigenvalue weighted by molar-refractivity contribution is 0.163. The van der Waals surface area contributed by atoms with Crippen molar-refractivity contribution in [1.82, 2.24) is 14.5 Å². The van der Waals surface area contributed by atoms with Gasteiger partial charge in [0, 0.05) is 24.9 Å². The van der Waals surface area contributed by atoms with Crippen molar-refractivity contribution in [3.8, 4) is 0 Å². The molecular weight excluding hydrogens is 248 g/mol. The molecule has 0 amide bonds. The third-order valence-electron chi connectivity index (χ3n) is 2.62. The Labute approximate surface area is 111 Å². The number of nitrogens with one attached hydrogen (secondary N) is 1. The molecule has 0 bridgehead atoms. The van der Waals surface area contributed by atoms with Crippen molar-refractivity contribution >= 4 is 17.3 Å². The van der Waals surface area contributed by atoms with E-state index in [-0.39, 0.29) is 6.04 Å². The Morgan fingerprint density at radius 3 is 3.06 bits per heavy atom. The standard InChI is InChI=1S/C12H18N4OS/c1-9-7-16(10(2)8-17-3)12(15-9)14-6-11-13-4-5-18-11/h4-5,7,10H,6,8H2,1-3H3,(H,14,15). The number of nitrogens with zero attached hydrogens (tertiary/aromatic N) is 3. The van der Waals surface area contributed by atoms with Crippen molar-refractivity contribution in [3.05, 3.63) is 28.5 Å². The smallest absolute Gasteiger partial charge is 0.203 e. The molecule has 0 spiro atoms. The fraction of sp³-hybridized carbons (Fsp3) is 0.500. The average Bonchev–Trinajstić information content (AvgIpc) is 2.95. The quantitative estimate of drug-likeness (QED) is 0.872. The lowest BCUT2D eigenvalue weighted by Crippen LogP contribution is -2.14. The van der Waals surface area contributed by atoms with Crippen LogP contribution in [0.25, 0.3) is 0 Å². The average molecular weight is 266 g/mol. The number of hydrogen-bond donors (Lipinski definition) is 1. The summed E-state index contributed by atoms with van der Waals surface area (Å²) in [6.07, 6.45) is 3.85. The molecule has 2 heterocycles. The summed E-state index contributed by atoms with van der Waals surface area (Å²) in [6, 6.07) is 0.259. The zero-order valence-corrected chi connectivity index (χ0v) is 11.7. The van der Waals surface area contributed by atoms with Gasteiger partial charge in [0.1, 0.15) is 5.01 Å². The molecule has 5 nitrogen and oxygen atoms in total. The van der Waals surface area contributed by atoms with Crippen LogP contribution in [0.3, 0.4) is 0 Å². The molecule has 1 atom stereocenters. The lowest BCUT2D eigenvalue weighted by Gasteiger charge is -2.15. The summed E-state index contributed by atoms with van der Waals surface area (Å²) in [7, 11) is 1.71. The number of aryl methyl sites for hydroxylation is 1. The van der Waals surface area contributed by atoms with Crippen LogP contribution >= 0.6 is 11.3 Å².